The molecular weight excluding hydrogens is 250 g/mol. The highest BCUT2D eigenvalue weighted by molar-refractivity contribution is 5.94. The summed E-state index contributed by atoms with van der Waals surface area (Å²) in [6.45, 7) is 1.28. The predicted molar refractivity (Wildman–Crippen MR) is 77.2 cm³/mol. The summed E-state index contributed by atoms with van der Waals surface area (Å²) in [4.78, 5) is 14.1. The van der Waals surface area contributed by atoms with Crippen molar-refractivity contribution in [2.24, 2.45) is 5.92 Å². The van der Waals surface area contributed by atoms with E-state index in [1.807, 2.05) is 29.2 Å². The number of carbonyl (C=O) groups is 1. The maximum absolute atomic E-state index is 12.3. The minimum atomic E-state index is -0.251. The summed E-state index contributed by atoms with van der Waals surface area (Å²) in [5, 5.41) is 9.47. The zero-order valence-corrected chi connectivity index (χ0v) is 11.5. The maximum Gasteiger partial charge on any atom is 0.253 e. The Bertz CT molecular complexity index is 541. The first kappa shape index (κ1) is 13.2. The number of aliphatic hydroxyl groups excluding tert-OH is 1. The second kappa shape index (κ2) is 5.68. The summed E-state index contributed by atoms with van der Waals surface area (Å²) in [7, 11) is 0. The third-order valence-corrected chi connectivity index (χ3v) is 3.88. The molecule has 1 aromatic rings. The molecule has 3 nitrogen and oxygen atoms in total. The first-order valence-electron chi connectivity index (χ1n) is 7.31. The van der Waals surface area contributed by atoms with Crippen LogP contribution >= 0.6 is 0 Å². The van der Waals surface area contributed by atoms with E-state index in [4.69, 9.17) is 0 Å². The second-order valence-corrected chi connectivity index (χ2v) is 5.64. The summed E-state index contributed by atoms with van der Waals surface area (Å²) in [6.07, 6.45) is 3.56. The molecule has 1 saturated heterocycles. The summed E-state index contributed by atoms with van der Waals surface area (Å²) in [5.41, 5.74) is 1.68. The fourth-order valence-corrected chi connectivity index (χ4v) is 2.36. The van der Waals surface area contributed by atoms with Crippen LogP contribution in [0.5, 0.6) is 0 Å². The van der Waals surface area contributed by atoms with Crippen LogP contribution < -0.4 is 0 Å². The first-order chi connectivity index (χ1) is 9.72. The number of amides is 1. The normalized spacial score (nSPS) is 19.4. The number of nitrogens with zero attached hydrogens (tertiary/aromatic N) is 1. The van der Waals surface area contributed by atoms with Gasteiger partial charge >= 0.3 is 0 Å². The fourth-order valence-electron chi connectivity index (χ4n) is 2.36. The van der Waals surface area contributed by atoms with Crippen LogP contribution in [-0.2, 0) is 0 Å². The van der Waals surface area contributed by atoms with Crippen molar-refractivity contribution in [2.45, 2.75) is 31.8 Å². The molecule has 0 unspecified atom stereocenters. The number of aliphatic hydroxyl groups is 1. The van der Waals surface area contributed by atoms with Gasteiger partial charge in [-0.05, 0) is 49.9 Å². The number of rotatable bonds is 1. The highest BCUT2D eigenvalue weighted by Gasteiger charge is 2.22. The molecule has 1 saturated carbocycles. The summed E-state index contributed by atoms with van der Waals surface area (Å²) in [5.74, 6) is 7.01. The first-order valence-corrected chi connectivity index (χ1v) is 7.31. The highest BCUT2D eigenvalue weighted by atomic mass is 16.3. The standard InChI is InChI=1S/C17H19NO2/c19-16-9-11-18(12-10-16)17(20)15-7-5-14(6-8-15)4-3-13-1-2-13/h5-8,13,16,19H,1-2,9-12H2. The Morgan fingerprint density at radius 1 is 1.10 bits per heavy atom. The van der Waals surface area contributed by atoms with Gasteiger partial charge < -0.3 is 10.0 Å². The molecule has 1 aromatic carbocycles. The summed E-state index contributed by atoms with van der Waals surface area (Å²) in [6, 6.07) is 7.54. The largest absolute Gasteiger partial charge is 0.393 e. The minimum absolute atomic E-state index is 0.0543. The van der Waals surface area contributed by atoms with Crippen LogP contribution in [0.15, 0.2) is 24.3 Å². The predicted octanol–water partition coefficient (Wildman–Crippen LogP) is 2.04. The van der Waals surface area contributed by atoms with Crippen LogP contribution in [0.25, 0.3) is 0 Å². The second-order valence-electron chi connectivity index (χ2n) is 5.64. The van der Waals surface area contributed by atoms with Crippen molar-refractivity contribution in [1.82, 2.24) is 4.90 Å². The Morgan fingerprint density at radius 3 is 2.35 bits per heavy atom. The number of carbonyl (C=O) groups excluding carboxylic acids is 1. The molecule has 0 bridgehead atoms. The van der Waals surface area contributed by atoms with Crippen molar-refractivity contribution >= 4 is 5.91 Å². The molecule has 0 radical (unpaired) electrons. The topological polar surface area (TPSA) is 40.5 Å². The summed E-state index contributed by atoms with van der Waals surface area (Å²) < 4.78 is 0. The number of hydrogen-bond donors (Lipinski definition) is 1. The number of hydrogen-bond acceptors (Lipinski definition) is 2. The molecule has 1 amide bonds. The lowest BCUT2D eigenvalue weighted by Crippen LogP contribution is -2.40. The lowest BCUT2D eigenvalue weighted by molar-refractivity contribution is 0.0546. The molecule has 3 heteroatoms. The molecule has 104 valence electrons. The monoisotopic (exact) mass is 269 g/mol. The van der Waals surface area contributed by atoms with E-state index in [0.717, 1.165) is 5.56 Å². The van der Waals surface area contributed by atoms with Gasteiger partial charge in [-0.2, -0.15) is 0 Å². The van der Waals surface area contributed by atoms with Crippen LogP contribution in [0, 0.1) is 17.8 Å². The Hall–Kier alpha value is -1.79. The molecule has 0 spiro atoms. The van der Waals surface area contributed by atoms with Gasteiger partial charge in [0, 0.05) is 30.1 Å². The fraction of sp³-hybridized carbons (Fsp3) is 0.471. The van der Waals surface area contributed by atoms with Crippen LogP contribution in [0.1, 0.15) is 41.6 Å². The van der Waals surface area contributed by atoms with Gasteiger partial charge in [0.2, 0.25) is 0 Å². The van der Waals surface area contributed by atoms with E-state index in [2.05, 4.69) is 11.8 Å². The van der Waals surface area contributed by atoms with Crippen LogP contribution in [-0.4, -0.2) is 35.1 Å². The van der Waals surface area contributed by atoms with Crippen molar-refractivity contribution in [2.75, 3.05) is 13.1 Å². The van der Waals surface area contributed by atoms with E-state index in [-0.39, 0.29) is 12.0 Å². The van der Waals surface area contributed by atoms with Gasteiger partial charge in [-0.15, -0.1) is 0 Å². The van der Waals surface area contributed by atoms with Gasteiger partial charge in [0.25, 0.3) is 5.91 Å². The SMILES string of the molecule is O=C(c1ccc(C#CC2CC2)cc1)N1CCC(O)CC1. The van der Waals surface area contributed by atoms with Crippen LogP contribution in [0.2, 0.25) is 0 Å². The van der Waals surface area contributed by atoms with Gasteiger partial charge in [0.05, 0.1) is 6.10 Å². The van der Waals surface area contributed by atoms with Crippen molar-refractivity contribution in [1.29, 1.82) is 0 Å². The van der Waals surface area contributed by atoms with Gasteiger partial charge in [0.1, 0.15) is 0 Å². The number of likely N-dealkylation sites (tertiary alicyclic amines) is 1. The maximum atomic E-state index is 12.3. The quantitative estimate of drug-likeness (QED) is 0.793. The zero-order valence-electron chi connectivity index (χ0n) is 11.5. The minimum Gasteiger partial charge on any atom is -0.393 e. The molecule has 2 fully saturated rings. The number of benzene rings is 1. The average Bonchev–Trinajstić information content (AvgIpc) is 3.30. The Labute approximate surface area is 119 Å². The van der Waals surface area contributed by atoms with Gasteiger partial charge in [-0.1, -0.05) is 11.8 Å². The van der Waals surface area contributed by atoms with Crippen molar-refractivity contribution in [3.8, 4) is 11.8 Å². The Kier molecular flexibility index (Phi) is 3.75. The van der Waals surface area contributed by atoms with Crippen LogP contribution in [0.4, 0.5) is 0 Å². The highest BCUT2D eigenvalue weighted by Crippen LogP contribution is 2.27. The molecular formula is C17H19NO2. The lowest BCUT2D eigenvalue weighted by atomic mass is 10.1. The van der Waals surface area contributed by atoms with E-state index in [1.165, 1.54) is 12.8 Å². The molecule has 0 atom stereocenters. The van der Waals surface area contributed by atoms with Crippen molar-refractivity contribution in [3.63, 3.8) is 0 Å². The third-order valence-electron chi connectivity index (χ3n) is 3.88. The smallest absolute Gasteiger partial charge is 0.253 e. The molecule has 1 heterocycles. The van der Waals surface area contributed by atoms with Crippen molar-refractivity contribution < 1.29 is 9.90 Å². The van der Waals surface area contributed by atoms with Gasteiger partial charge in [0.15, 0.2) is 0 Å². The number of piperidine rings is 1. The Balaban J connectivity index is 1.64. The zero-order chi connectivity index (χ0) is 13.9. The van der Waals surface area contributed by atoms with E-state index in [1.54, 1.807) is 0 Å². The van der Waals surface area contributed by atoms with Gasteiger partial charge in [-0.3, -0.25) is 4.79 Å². The van der Waals surface area contributed by atoms with Crippen molar-refractivity contribution in [3.05, 3.63) is 35.4 Å². The van der Waals surface area contributed by atoms with E-state index < -0.39 is 0 Å². The van der Waals surface area contributed by atoms with E-state index >= 15 is 0 Å². The van der Waals surface area contributed by atoms with Gasteiger partial charge in [-0.25, -0.2) is 0 Å². The average molecular weight is 269 g/mol. The molecule has 1 N–H and O–H groups in total. The van der Waals surface area contributed by atoms with E-state index in [9.17, 15) is 9.90 Å². The third kappa shape index (κ3) is 3.20. The lowest BCUT2D eigenvalue weighted by Gasteiger charge is -2.29. The molecule has 0 aromatic heterocycles. The Morgan fingerprint density at radius 2 is 1.75 bits per heavy atom. The summed E-state index contributed by atoms with van der Waals surface area (Å²) >= 11 is 0. The molecule has 2 aliphatic rings. The molecule has 20 heavy (non-hydrogen) atoms. The molecule has 1 aliphatic carbocycles. The van der Waals surface area contributed by atoms with Crippen LogP contribution in [0.3, 0.4) is 0 Å². The van der Waals surface area contributed by atoms with E-state index in [0.29, 0.717) is 37.4 Å². The molecule has 1 aliphatic heterocycles. The molecule has 3 rings (SSSR count).